The summed E-state index contributed by atoms with van der Waals surface area (Å²) in [6.45, 7) is 5.70. The number of anilines is 2. The Kier molecular flexibility index (Phi) is 5.65. The fourth-order valence-electron chi connectivity index (χ4n) is 3.75. The summed E-state index contributed by atoms with van der Waals surface area (Å²) >= 11 is 0. The second-order valence-electron chi connectivity index (χ2n) is 7.76. The van der Waals surface area contributed by atoms with Gasteiger partial charge in [0.1, 0.15) is 17.9 Å². The summed E-state index contributed by atoms with van der Waals surface area (Å²) in [6.07, 6.45) is 7.41. The molecule has 0 atom stereocenters. The first-order chi connectivity index (χ1) is 14.5. The summed E-state index contributed by atoms with van der Waals surface area (Å²) < 4.78 is 7.79. The van der Waals surface area contributed by atoms with Crippen molar-refractivity contribution in [3.8, 4) is 5.75 Å². The standard InChI is InChI=1S/C22H27N7O/c1-15(2)30-17-4-5-19(23)18(12-17)22(24)20-13-21(26-14-25-20)28-10-6-16(7-11-28)29-9-3-8-27-29/h3-5,8-9,12-16,24H,6-7,10-11,23H2,1-2H3. The maximum atomic E-state index is 8.67. The largest absolute Gasteiger partial charge is 0.491 e. The first-order valence-electron chi connectivity index (χ1n) is 10.2. The number of aromatic nitrogens is 4. The van der Waals surface area contributed by atoms with Gasteiger partial charge in [0.15, 0.2) is 0 Å². The van der Waals surface area contributed by atoms with Crippen LogP contribution in [0.15, 0.2) is 49.1 Å². The second kappa shape index (κ2) is 8.52. The molecular weight excluding hydrogens is 378 g/mol. The van der Waals surface area contributed by atoms with E-state index in [4.69, 9.17) is 15.9 Å². The van der Waals surface area contributed by atoms with E-state index in [1.807, 2.05) is 49.1 Å². The molecule has 2 aromatic heterocycles. The highest BCUT2D eigenvalue weighted by molar-refractivity contribution is 6.13. The Morgan fingerprint density at radius 1 is 1.20 bits per heavy atom. The van der Waals surface area contributed by atoms with Gasteiger partial charge in [-0.15, -0.1) is 0 Å². The summed E-state index contributed by atoms with van der Waals surface area (Å²) in [5, 5.41) is 13.0. The van der Waals surface area contributed by atoms with Gasteiger partial charge in [-0.25, -0.2) is 9.97 Å². The van der Waals surface area contributed by atoms with Gasteiger partial charge in [-0.1, -0.05) is 0 Å². The molecule has 1 fully saturated rings. The first-order valence-corrected chi connectivity index (χ1v) is 10.2. The van der Waals surface area contributed by atoms with Gasteiger partial charge in [0, 0.05) is 42.8 Å². The lowest BCUT2D eigenvalue weighted by atomic mass is 10.0. The predicted molar refractivity (Wildman–Crippen MR) is 117 cm³/mol. The molecule has 30 heavy (non-hydrogen) atoms. The third-order valence-electron chi connectivity index (χ3n) is 5.26. The van der Waals surface area contributed by atoms with E-state index in [0.717, 1.165) is 31.7 Å². The van der Waals surface area contributed by atoms with Crippen LogP contribution >= 0.6 is 0 Å². The van der Waals surface area contributed by atoms with Crippen molar-refractivity contribution in [1.82, 2.24) is 19.7 Å². The molecule has 4 rings (SSSR count). The van der Waals surface area contributed by atoms with E-state index in [1.54, 1.807) is 12.1 Å². The third kappa shape index (κ3) is 4.27. The van der Waals surface area contributed by atoms with Crippen LogP contribution in [-0.4, -0.2) is 44.7 Å². The van der Waals surface area contributed by atoms with Crippen LogP contribution in [0.25, 0.3) is 0 Å². The zero-order valence-corrected chi connectivity index (χ0v) is 17.3. The summed E-state index contributed by atoms with van der Waals surface area (Å²) in [4.78, 5) is 11.0. The highest BCUT2D eigenvalue weighted by Gasteiger charge is 2.22. The lowest BCUT2D eigenvalue weighted by Gasteiger charge is -2.32. The van der Waals surface area contributed by atoms with Crippen LogP contribution in [0.1, 0.15) is 44.0 Å². The lowest BCUT2D eigenvalue weighted by molar-refractivity contribution is 0.242. The average molecular weight is 406 g/mol. The van der Waals surface area contributed by atoms with Gasteiger partial charge >= 0.3 is 0 Å². The van der Waals surface area contributed by atoms with E-state index in [2.05, 4.69) is 20.0 Å². The molecule has 0 bridgehead atoms. The van der Waals surface area contributed by atoms with Gasteiger partial charge in [-0.2, -0.15) is 5.10 Å². The molecule has 3 aromatic rings. The van der Waals surface area contributed by atoms with Gasteiger partial charge in [-0.05, 0) is 51.0 Å². The topological polar surface area (TPSA) is 106 Å². The van der Waals surface area contributed by atoms with Gasteiger partial charge in [-0.3, -0.25) is 10.1 Å². The summed E-state index contributed by atoms with van der Waals surface area (Å²) in [7, 11) is 0. The third-order valence-corrected chi connectivity index (χ3v) is 5.26. The van der Waals surface area contributed by atoms with Gasteiger partial charge < -0.3 is 15.4 Å². The number of hydrogen-bond acceptors (Lipinski definition) is 7. The molecule has 1 aliphatic rings. The van der Waals surface area contributed by atoms with Crippen molar-refractivity contribution < 1.29 is 4.74 Å². The minimum absolute atomic E-state index is 0.0472. The Morgan fingerprint density at radius 3 is 2.70 bits per heavy atom. The smallest absolute Gasteiger partial charge is 0.132 e. The van der Waals surface area contributed by atoms with Crippen LogP contribution < -0.4 is 15.4 Å². The van der Waals surface area contributed by atoms with Crippen molar-refractivity contribution in [3.05, 3.63) is 60.3 Å². The molecular formula is C22H27N7O. The Hall–Kier alpha value is -3.42. The predicted octanol–water partition coefficient (Wildman–Crippen LogP) is 3.30. The maximum absolute atomic E-state index is 8.67. The number of nitrogens with two attached hydrogens (primary N) is 1. The Morgan fingerprint density at radius 2 is 2.00 bits per heavy atom. The monoisotopic (exact) mass is 405 g/mol. The van der Waals surface area contributed by atoms with Gasteiger partial charge in [0.2, 0.25) is 0 Å². The number of nitrogens with zero attached hydrogens (tertiary/aromatic N) is 5. The van der Waals surface area contributed by atoms with Crippen molar-refractivity contribution in [2.45, 2.75) is 38.8 Å². The molecule has 0 spiro atoms. The average Bonchev–Trinajstić information content (AvgIpc) is 3.29. The first kappa shape index (κ1) is 19.9. The number of hydrogen-bond donors (Lipinski definition) is 2. The lowest BCUT2D eigenvalue weighted by Crippen LogP contribution is -2.35. The molecule has 1 saturated heterocycles. The van der Waals surface area contributed by atoms with Crippen molar-refractivity contribution in [3.63, 3.8) is 0 Å². The summed E-state index contributed by atoms with van der Waals surface area (Å²) in [5.41, 5.74) is 8.08. The highest BCUT2D eigenvalue weighted by Crippen LogP contribution is 2.27. The van der Waals surface area contributed by atoms with E-state index in [1.165, 1.54) is 6.33 Å². The molecule has 3 N–H and O–H groups in total. The summed E-state index contributed by atoms with van der Waals surface area (Å²) in [5.74, 6) is 1.52. The molecule has 0 aliphatic carbocycles. The molecule has 0 radical (unpaired) electrons. The van der Waals surface area contributed by atoms with Crippen LogP contribution in [-0.2, 0) is 0 Å². The summed E-state index contributed by atoms with van der Waals surface area (Å²) in [6, 6.07) is 9.63. The van der Waals surface area contributed by atoms with Crippen LogP contribution in [0.5, 0.6) is 5.75 Å². The van der Waals surface area contributed by atoms with Crippen molar-refractivity contribution in [2.75, 3.05) is 23.7 Å². The molecule has 0 unspecified atom stereocenters. The molecule has 3 heterocycles. The fourth-order valence-corrected chi connectivity index (χ4v) is 3.75. The van der Waals surface area contributed by atoms with Crippen LogP contribution in [0.3, 0.4) is 0 Å². The molecule has 0 saturated carbocycles. The number of ether oxygens (including phenoxy) is 1. The molecule has 1 aromatic carbocycles. The highest BCUT2D eigenvalue weighted by atomic mass is 16.5. The number of nitrogen functional groups attached to an aromatic ring is 1. The van der Waals surface area contributed by atoms with E-state index in [0.29, 0.717) is 28.7 Å². The number of piperidine rings is 1. The van der Waals surface area contributed by atoms with Gasteiger partial charge in [0.25, 0.3) is 0 Å². The van der Waals surface area contributed by atoms with E-state index in [9.17, 15) is 0 Å². The minimum Gasteiger partial charge on any atom is -0.491 e. The molecule has 1 aliphatic heterocycles. The van der Waals surface area contributed by atoms with Crippen LogP contribution in [0, 0.1) is 5.41 Å². The fraction of sp³-hybridized carbons (Fsp3) is 0.364. The Balaban J connectivity index is 1.50. The normalized spacial score (nSPS) is 14.8. The van der Waals surface area contributed by atoms with E-state index >= 15 is 0 Å². The zero-order chi connectivity index (χ0) is 21.1. The van der Waals surface area contributed by atoms with Gasteiger partial charge in [0.05, 0.1) is 23.6 Å². The van der Waals surface area contributed by atoms with E-state index < -0.39 is 0 Å². The molecule has 0 amide bonds. The Bertz CT molecular complexity index is 1010. The van der Waals surface area contributed by atoms with Crippen LogP contribution in [0.4, 0.5) is 11.5 Å². The molecule has 8 nitrogen and oxygen atoms in total. The maximum Gasteiger partial charge on any atom is 0.132 e. The van der Waals surface area contributed by atoms with E-state index in [-0.39, 0.29) is 11.8 Å². The van der Waals surface area contributed by atoms with Crippen LogP contribution in [0.2, 0.25) is 0 Å². The number of rotatable bonds is 6. The van der Waals surface area contributed by atoms with Crippen molar-refractivity contribution >= 4 is 17.2 Å². The minimum atomic E-state index is 0.0472. The molecule has 156 valence electrons. The quantitative estimate of drug-likeness (QED) is 0.481. The number of benzene rings is 1. The number of nitrogens with one attached hydrogen (secondary N) is 1. The zero-order valence-electron chi connectivity index (χ0n) is 17.3. The van der Waals surface area contributed by atoms with Crippen molar-refractivity contribution in [2.24, 2.45) is 0 Å². The SMILES string of the molecule is CC(C)Oc1ccc(N)c(C(=N)c2cc(N3CCC(n4cccn4)CC3)ncn2)c1. The second-order valence-corrected chi connectivity index (χ2v) is 7.76. The van der Waals surface area contributed by atoms with Crippen molar-refractivity contribution in [1.29, 1.82) is 5.41 Å². The molecule has 8 heteroatoms. The Labute approximate surface area is 176 Å².